The number of benzene rings is 1. The Morgan fingerprint density at radius 1 is 1.45 bits per heavy atom. The maximum absolute atomic E-state index is 13.3. The van der Waals surface area contributed by atoms with E-state index in [9.17, 15) is 4.39 Å². The van der Waals surface area contributed by atoms with Gasteiger partial charge in [0.05, 0.1) is 5.02 Å². The van der Waals surface area contributed by atoms with Crippen molar-refractivity contribution in [2.75, 3.05) is 0 Å². The Kier molecular flexibility index (Phi) is 4.37. The lowest BCUT2D eigenvalue weighted by molar-refractivity contribution is 0.303. The topological polar surface area (TPSA) is 80.7 Å². The van der Waals surface area contributed by atoms with Gasteiger partial charge in [-0.3, -0.25) is 4.98 Å². The van der Waals surface area contributed by atoms with Crippen molar-refractivity contribution in [2.45, 2.75) is 6.61 Å². The number of hydrogen-bond donors (Lipinski definition) is 2. The number of pyridine rings is 1. The minimum Gasteiger partial charge on any atom is -0.489 e. The molecule has 0 aliphatic heterocycles. The van der Waals surface area contributed by atoms with Crippen molar-refractivity contribution in [2.24, 2.45) is 10.9 Å². The number of amidine groups is 1. The molecule has 7 heteroatoms. The smallest absolute Gasteiger partial charge is 0.189 e. The highest BCUT2D eigenvalue weighted by Gasteiger charge is 2.09. The molecule has 0 aliphatic carbocycles. The molecular formula is C13H11ClFN3O2. The normalized spacial score (nSPS) is 11.4. The number of aromatic nitrogens is 1. The summed E-state index contributed by atoms with van der Waals surface area (Å²) in [6.45, 7) is 0.0977. The first-order chi connectivity index (χ1) is 9.61. The number of nitrogens with two attached hydrogens (primary N) is 1. The molecule has 0 aliphatic rings. The molecule has 1 heterocycles. The Bertz CT molecular complexity index is 649. The van der Waals surface area contributed by atoms with Crippen LogP contribution < -0.4 is 10.5 Å². The molecule has 2 rings (SSSR count). The summed E-state index contributed by atoms with van der Waals surface area (Å²) in [7, 11) is 0. The third-order valence-electron chi connectivity index (χ3n) is 2.53. The lowest BCUT2D eigenvalue weighted by atomic mass is 10.2. The highest BCUT2D eigenvalue weighted by Crippen LogP contribution is 2.21. The first-order valence-corrected chi connectivity index (χ1v) is 5.99. The zero-order valence-corrected chi connectivity index (χ0v) is 11.0. The van der Waals surface area contributed by atoms with Crippen LogP contribution in [0, 0.1) is 5.82 Å². The second kappa shape index (κ2) is 6.21. The van der Waals surface area contributed by atoms with Crippen molar-refractivity contribution >= 4 is 17.4 Å². The van der Waals surface area contributed by atoms with E-state index in [1.807, 2.05) is 0 Å². The molecule has 0 atom stereocenters. The van der Waals surface area contributed by atoms with Gasteiger partial charge in [0.1, 0.15) is 23.9 Å². The number of oxime groups is 1. The van der Waals surface area contributed by atoms with Crippen LogP contribution in [-0.4, -0.2) is 16.0 Å². The van der Waals surface area contributed by atoms with Crippen LogP contribution in [0.15, 0.2) is 41.7 Å². The molecule has 0 saturated carbocycles. The fraction of sp³-hybridized carbons (Fsp3) is 0.0769. The molecule has 0 unspecified atom stereocenters. The monoisotopic (exact) mass is 295 g/mol. The molecule has 2 aromatic rings. The van der Waals surface area contributed by atoms with Gasteiger partial charge in [0.15, 0.2) is 5.84 Å². The lowest BCUT2D eigenvalue weighted by Crippen LogP contribution is -2.18. The van der Waals surface area contributed by atoms with E-state index >= 15 is 0 Å². The minimum atomic E-state index is -0.563. The van der Waals surface area contributed by atoms with Gasteiger partial charge in [-0.25, -0.2) is 4.39 Å². The van der Waals surface area contributed by atoms with Crippen LogP contribution in [0.5, 0.6) is 5.75 Å². The molecule has 0 bridgehead atoms. The van der Waals surface area contributed by atoms with E-state index < -0.39 is 5.82 Å². The number of halogens is 2. The van der Waals surface area contributed by atoms with Crippen LogP contribution in [-0.2, 0) is 6.61 Å². The van der Waals surface area contributed by atoms with Crippen LogP contribution in [0.2, 0.25) is 5.02 Å². The summed E-state index contributed by atoms with van der Waals surface area (Å²) in [6.07, 6.45) is 1.51. The predicted molar refractivity (Wildman–Crippen MR) is 72.5 cm³/mol. The molecule has 0 radical (unpaired) electrons. The first-order valence-electron chi connectivity index (χ1n) is 5.61. The van der Waals surface area contributed by atoms with E-state index in [1.165, 1.54) is 18.3 Å². The van der Waals surface area contributed by atoms with E-state index in [4.69, 9.17) is 27.3 Å². The summed E-state index contributed by atoms with van der Waals surface area (Å²) in [5.74, 6) is -0.361. The fourth-order valence-corrected chi connectivity index (χ4v) is 1.68. The SMILES string of the molecule is N/C(=N/O)c1ncccc1COc1ccc(Cl)c(F)c1. The van der Waals surface area contributed by atoms with Gasteiger partial charge in [0, 0.05) is 17.8 Å². The standard InChI is InChI=1S/C13H11ClFN3O2/c14-10-4-3-9(6-11(10)15)20-7-8-2-1-5-17-12(8)13(16)18-19/h1-6,19H,7H2,(H2,16,18). The third kappa shape index (κ3) is 3.16. The molecular weight excluding hydrogens is 285 g/mol. The van der Waals surface area contributed by atoms with Gasteiger partial charge >= 0.3 is 0 Å². The Balaban J connectivity index is 2.17. The van der Waals surface area contributed by atoms with E-state index in [0.29, 0.717) is 17.0 Å². The zero-order chi connectivity index (χ0) is 14.5. The molecule has 0 saturated heterocycles. The summed E-state index contributed by atoms with van der Waals surface area (Å²) in [5, 5.41) is 11.6. The van der Waals surface area contributed by atoms with Gasteiger partial charge in [0.25, 0.3) is 0 Å². The molecule has 1 aromatic heterocycles. The van der Waals surface area contributed by atoms with Gasteiger partial charge in [-0.15, -0.1) is 0 Å². The third-order valence-corrected chi connectivity index (χ3v) is 2.83. The predicted octanol–water partition coefficient (Wildman–Crippen LogP) is 2.55. The van der Waals surface area contributed by atoms with E-state index in [1.54, 1.807) is 18.2 Å². The second-order valence-electron chi connectivity index (χ2n) is 3.86. The number of hydrogen-bond acceptors (Lipinski definition) is 4. The average Bonchev–Trinajstić information content (AvgIpc) is 2.48. The summed E-state index contributed by atoms with van der Waals surface area (Å²) < 4.78 is 18.7. The molecule has 1 aromatic carbocycles. The van der Waals surface area contributed by atoms with E-state index in [-0.39, 0.29) is 17.5 Å². The molecule has 104 valence electrons. The maximum Gasteiger partial charge on any atom is 0.189 e. The van der Waals surface area contributed by atoms with Crippen molar-refractivity contribution in [3.05, 3.63) is 58.6 Å². The van der Waals surface area contributed by atoms with Gasteiger partial charge in [0.2, 0.25) is 0 Å². The van der Waals surface area contributed by atoms with Crippen molar-refractivity contribution in [3.8, 4) is 5.75 Å². The Labute approximate surface area is 119 Å². The van der Waals surface area contributed by atoms with Crippen molar-refractivity contribution in [1.29, 1.82) is 0 Å². The Morgan fingerprint density at radius 2 is 2.25 bits per heavy atom. The molecule has 0 fully saturated rings. The molecule has 0 spiro atoms. The summed E-state index contributed by atoms with van der Waals surface area (Å²) >= 11 is 5.58. The number of rotatable bonds is 4. The highest BCUT2D eigenvalue weighted by atomic mass is 35.5. The second-order valence-corrected chi connectivity index (χ2v) is 4.27. The highest BCUT2D eigenvalue weighted by molar-refractivity contribution is 6.30. The van der Waals surface area contributed by atoms with Crippen LogP contribution in [0.4, 0.5) is 4.39 Å². The Hall–Kier alpha value is -2.34. The van der Waals surface area contributed by atoms with Crippen molar-refractivity contribution in [1.82, 2.24) is 4.98 Å². The van der Waals surface area contributed by atoms with Crippen molar-refractivity contribution < 1.29 is 14.3 Å². The zero-order valence-electron chi connectivity index (χ0n) is 10.3. The summed E-state index contributed by atoms with van der Waals surface area (Å²) in [5.41, 5.74) is 6.43. The Morgan fingerprint density at radius 3 is 2.95 bits per heavy atom. The largest absolute Gasteiger partial charge is 0.489 e. The summed E-state index contributed by atoms with van der Waals surface area (Å²) in [6, 6.07) is 7.54. The minimum absolute atomic E-state index is 0.0241. The number of nitrogens with zero attached hydrogens (tertiary/aromatic N) is 2. The van der Waals surface area contributed by atoms with Gasteiger partial charge in [-0.2, -0.15) is 0 Å². The van der Waals surface area contributed by atoms with Crippen LogP contribution in [0.3, 0.4) is 0 Å². The van der Waals surface area contributed by atoms with E-state index in [0.717, 1.165) is 0 Å². The molecule has 3 N–H and O–H groups in total. The van der Waals surface area contributed by atoms with Crippen LogP contribution >= 0.6 is 11.6 Å². The van der Waals surface area contributed by atoms with Gasteiger partial charge in [-0.05, 0) is 18.2 Å². The van der Waals surface area contributed by atoms with Crippen LogP contribution in [0.1, 0.15) is 11.3 Å². The lowest BCUT2D eigenvalue weighted by Gasteiger charge is -2.09. The maximum atomic E-state index is 13.3. The van der Waals surface area contributed by atoms with Crippen LogP contribution in [0.25, 0.3) is 0 Å². The van der Waals surface area contributed by atoms with Crippen molar-refractivity contribution in [3.63, 3.8) is 0 Å². The number of ether oxygens (including phenoxy) is 1. The fourth-order valence-electron chi connectivity index (χ4n) is 1.56. The first kappa shape index (κ1) is 14.1. The summed E-state index contributed by atoms with van der Waals surface area (Å²) in [4.78, 5) is 4.00. The molecule has 5 nitrogen and oxygen atoms in total. The molecule has 20 heavy (non-hydrogen) atoms. The quantitative estimate of drug-likeness (QED) is 0.393. The molecule has 0 amide bonds. The van der Waals surface area contributed by atoms with E-state index in [2.05, 4.69) is 10.1 Å². The average molecular weight is 296 g/mol. The van der Waals surface area contributed by atoms with Gasteiger partial charge in [-0.1, -0.05) is 22.8 Å². The van der Waals surface area contributed by atoms with Gasteiger partial charge < -0.3 is 15.7 Å².